The molecule has 0 bridgehead atoms. The van der Waals surface area contributed by atoms with E-state index in [2.05, 4.69) is 14.8 Å². The molecule has 6 nitrogen and oxygen atoms in total. The summed E-state index contributed by atoms with van der Waals surface area (Å²) in [6.07, 6.45) is 4.94. The van der Waals surface area contributed by atoms with Gasteiger partial charge in [0.15, 0.2) is 0 Å². The van der Waals surface area contributed by atoms with Gasteiger partial charge in [0.1, 0.15) is 11.6 Å². The van der Waals surface area contributed by atoms with Crippen LogP contribution in [0.2, 0.25) is 0 Å². The number of morpholine rings is 1. The fraction of sp³-hybridized carbons (Fsp3) is 0.545. The third-order valence-electron chi connectivity index (χ3n) is 5.84. The molecule has 1 aromatic carbocycles. The van der Waals surface area contributed by atoms with Crippen LogP contribution in [0, 0.1) is 5.82 Å². The lowest BCUT2D eigenvalue weighted by molar-refractivity contribution is 0.0529. The summed E-state index contributed by atoms with van der Waals surface area (Å²) in [6.45, 7) is 4.91. The Labute approximate surface area is 170 Å². The number of rotatable bonds is 4. The number of nitrogens with zero attached hydrogens (tertiary/aromatic N) is 3. The van der Waals surface area contributed by atoms with Gasteiger partial charge in [-0.25, -0.2) is 4.39 Å². The quantitative estimate of drug-likeness (QED) is 0.855. The van der Waals surface area contributed by atoms with Crippen LogP contribution in [-0.2, 0) is 11.2 Å². The summed E-state index contributed by atoms with van der Waals surface area (Å²) in [6, 6.07) is 8.62. The normalized spacial score (nSPS) is 23.1. The molecule has 156 valence electrons. The van der Waals surface area contributed by atoms with Crippen molar-refractivity contribution in [3.63, 3.8) is 0 Å². The van der Waals surface area contributed by atoms with E-state index in [1.807, 2.05) is 19.1 Å². The van der Waals surface area contributed by atoms with Crippen molar-refractivity contribution in [3.05, 3.63) is 52.1 Å². The molecule has 0 saturated carbocycles. The molecule has 2 fully saturated rings. The first kappa shape index (κ1) is 19.9. The maximum absolute atomic E-state index is 14.3. The fourth-order valence-electron chi connectivity index (χ4n) is 4.34. The van der Waals surface area contributed by atoms with Crippen LogP contribution in [-0.4, -0.2) is 48.4 Å². The van der Waals surface area contributed by atoms with Crippen LogP contribution in [0.1, 0.15) is 38.2 Å². The van der Waals surface area contributed by atoms with Gasteiger partial charge in [-0.2, -0.15) is 4.98 Å². The van der Waals surface area contributed by atoms with E-state index in [9.17, 15) is 9.18 Å². The Hall–Kier alpha value is -2.41. The summed E-state index contributed by atoms with van der Waals surface area (Å²) in [5.74, 6) is 1.11. The highest BCUT2D eigenvalue weighted by Crippen LogP contribution is 2.26. The SMILES string of the molecule is C[C@@H]1CN(c2cc(=O)[nH]c(N3CCCCCC3Cc3ccccc3F)n2)CCO1. The van der Waals surface area contributed by atoms with Crippen molar-refractivity contribution in [1.82, 2.24) is 9.97 Å². The third kappa shape index (κ3) is 4.78. The van der Waals surface area contributed by atoms with Crippen molar-refractivity contribution in [1.29, 1.82) is 0 Å². The topological polar surface area (TPSA) is 61.5 Å². The van der Waals surface area contributed by atoms with E-state index in [-0.39, 0.29) is 23.5 Å². The van der Waals surface area contributed by atoms with Crippen LogP contribution in [0.3, 0.4) is 0 Å². The molecule has 0 aliphatic carbocycles. The minimum absolute atomic E-state index is 0.108. The molecule has 3 heterocycles. The largest absolute Gasteiger partial charge is 0.375 e. The zero-order valence-electron chi connectivity index (χ0n) is 16.9. The predicted octanol–water partition coefficient (Wildman–Crippen LogP) is 3.13. The molecule has 29 heavy (non-hydrogen) atoms. The number of H-pyrrole nitrogens is 1. The van der Waals surface area contributed by atoms with Crippen LogP contribution >= 0.6 is 0 Å². The number of halogens is 1. The lowest BCUT2D eigenvalue weighted by Crippen LogP contribution is -2.43. The summed E-state index contributed by atoms with van der Waals surface area (Å²) in [7, 11) is 0. The van der Waals surface area contributed by atoms with Crippen LogP contribution in [0.15, 0.2) is 35.1 Å². The van der Waals surface area contributed by atoms with Crippen molar-refractivity contribution >= 4 is 11.8 Å². The number of nitrogens with one attached hydrogen (secondary N) is 1. The van der Waals surface area contributed by atoms with E-state index in [1.165, 1.54) is 6.07 Å². The minimum Gasteiger partial charge on any atom is -0.375 e. The molecule has 7 heteroatoms. The van der Waals surface area contributed by atoms with E-state index in [1.54, 1.807) is 12.1 Å². The van der Waals surface area contributed by atoms with Gasteiger partial charge in [-0.1, -0.05) is 31.0 Å². The molecule has 2 aliphatic rings. The monoisotopic (exact) mass is 400 g/mol. The third-order valence-corrected chi connectivity index (χ3v) is 5.84. The number of benzene rings is 1. The number of anilines is 2. The minimum atomic E-state index is -0.172. The van der Waals surface area contributed by atoms with Gasteiger partial charge in [0, 0.05) is 31.7 Å². The van der Waals surface area contributed by atoms with Gasteiger partial charge in [0.05, 0.1) is 12.7 Å². The second-order valence-electron chi connectivity index (χ2n) is 8.05. The molecule has 2 saturated heterocycles. The highest BCUT2D eigenvalue weighted by molar-refractivity contribution is 5.45. The number of aromatic nitrogens is 2. The van der Waals surface area contributed by atoms with E-state index >= 15 is 0 Å². The van der Waals surface area contributed by atoms with Crippen LogP contribution in [0.25, 0.3) is 0 Å². The molecule has 0 radical (unpaired) electrons. The van der Waals surface area contributed by atoms with Gasteiger partial charge < -0.3 is 14.5 Å². The van der Waals surface area contributed by atoms with Crippen molar-refractivity contribution in [2.75, 3.05) is 36.0 Å². The van der Waals surface area contributed by atoms with E-state index in [0.717, 1.165) is 38.8 Å². The van der Waals surface area contributed by atoms with E-state index in [0.29, 0.717) is 36.9 Å². The Balaban J connectivity index is 1.63. The van der Waals surface area contributed by atoms with Gasteiger partial charge >= 0.3 is 0 Å². The molecule has 1 unspecified atom stereocenters. The maximum Gasteiger partial charge on any atom is 0.254 e. The fourth-order valence-corrected chi connectivity index (χ4v) is 4.34. The van der Waals surface area contributed by atoms with Crippen LogP contribution in [0.4, 0.5) is 16.2 Å². The maximum atomic E-state index is 14.3. The summed E-state index contributed by atoms with van der Waals surface area (Å²) in [5.41, 5.74) is 0.558. The predicted molar refractivity (Wildman–Crippen MR) is 112 cm³/mol. The van der Waals surface area contributed by atoms with Crippen LogP contribution in [0.5, 0.6) is 0 Å². The molecule has 2 atom stereocenters. The molecule has 0 spiro atoms. The Morgan fingerprint density at radius 3 is 2.93 bits per heavy atom. The zero-order chi connectivity index (χ0) is 20.2. The number of aromatic amines is 1. The molecule has 1 N–H and O–H groups in total. The highest BCUT2D eigenvalue weighted by Gasteiger charge is 2.26. The van der Waals surface area contributed by atoms with E-state index in [4.69, 9.17) is 9.72 Å². The first-order valence-corrected chi connectivity index (χ1v) is 10.6. The Kier molecular flexibility index (Phi) is 6.13. The Morgan fingerprint density at radius 2 is 2.10 bits per heavy atom. The Bertz CT molecular complexity index is 887. The molecule has 0 amide bonds. The van der Waals surface area contributed by atoms with Gasteiger partial charge in [0.2, 0.25) is 5.95 Å². The van der Waals surface area contributed by atoms with Gasteiger partial charge in [-0.05, 0) is 37.8 Å². The lowest BCUT2D eigenvalue weighted by atomic mass is 10.0. The first-order chi connectivity index (χ1) is 14.1. The summed E-state index contributed by atoms with van der Waals surface area (Å²) >= 11 is 0. The van der Waals surface area contributed by atoms with E-state index < -0.39 is 0 Å². The molecular weight excluding hydrogens is 371 g/mol. The average Bonchev–Trinajstić information content (AvgIpc) is 2.95. The van der Waals surface area contributed by atoms with Crippen molar-refractivity contribution in [2.45, 2.75) is 51.2 Å². The second kappa shape index (κ2) is 8.95. The smallest absolute Gasteiger partial charge is 0.254 e. The van der Waals surface area contributed by atoms with Gasteiger partial charge in [0.25, 0.3) is 5.56 Å². The van der Waals surface area contributed by atoms with Crippen molar-refractivity contribution in [3.8, 4) is 0 Å². The van der Waals surface area contributed by atoms with Gasteiger partial charge in [-0.3, -0.25) is 9.78 Å². The van der Waals surface area contributed by atoms with Crippen LogP contribution < -0.4 is 15.4 Å². The van der Waals surface area contributed by atoms with Crippen molar-refractivity contribution < 1.29 is 9.13 Å². The average molecular weight is 400 g/mol. The number of ether oxygens (including phenoxy) is 1. The van der Waals surface area contributed by atoms with Crippen molar-refractivity contribution in [2.24, 2.45) is 0 Å². The molecule has 1 aromatic heterocycles. The zero-order valence-corrected chi connectivity index (χ0v) is 16.9. The molecule has 2 aliphatic heterocycles. The molecular formula is C22H29FN4O2. The summed E-state index contributed by atoms with van der Waals surface area (Å²) in [5, 5.41) is 0. The molecule has 2 aromatic rings. The summed E-state index contributed by atoms with van der Waals surface area (Å²) in [4.78, 5) is 24.5. The number of hydrogen-bond donors (Lipinski definition) is 1. The molecule has 4 rings (SSSR count). The second-order valence-corrected chi connectivity index (χ2v) is 8.05. The standard InChI is InChI=1S/C22H29FN4O2/c1-16-15-26(11-12-29-16)20-14-21(28)25-22(24-20)27-10-6-2-3-8-18(27)13-17-7-4-5-9-19(17)23/h4-5,7,9,14,16,18H,2-3,6,8,10-13,15H2,1H3,(H,24,25,28)/t16-,18?/m1/s1. The summed E-state index contributed by atoms with van der Waals surface area (Å²) < 4.78 is 19.9. The first-order valence-electron chi connectivity index (χ1n) is 10.6. The van der Waals surface area contributed by atoms with Gasteiger partial charge in [-0.15, -0.1) is 0 Å². The Morgan fingerprint density at radius 1 is 1.24 bits per heavy atom. The number of hydrogen-bond acceptors (Lipinski definition) is 5. The highest BCUT2D eigenvalue weighted by atomic mass is 19.1. The lowest BCUT2D eigenvalue weighted by Gasteiger charge is -2.34.